The van der Waals surface area contributed by atoms with Crippen molar-refractivity contribution in [1.82, 2.24) is 10.2 Å². The number of ether oxygens (including phenoxy) is 1. The van der Waals surface area contributed by atoms with Gasteiger partial charge < -0.3 is 20.3 Å². The van der Waals surface area contributed by atoms with Gasteiger partial charge in [0, 0.05) is 30.4 Å². The summed E-state index contributed by atoms with van der Waals surface area (Å²) in [5.74, 6) is -0.00393. The van der Waals surface area contributed by atoms with E-state index >= 15 is 0 Å². The monoisotopic (exact) mass is 319 g/mol. The van der Waals surface area contributed by atoms with Crippen LogP contribution in [0.4, 0.5) is 10.5 Å². The predicted molar refractivity (Wildman–Crippen MR) is 89.7 cm³/mol. The summed E-state index contributed by atoms with van der Waals surface area (Å²) in [6, 6.07) is 6.85. The maximum absolute atomic E-state index is 12.4. The second-order valence-electron chi connectivity index (χ2n) is 5.92. The number of rotatable bonds is 4. The van der Waals surface area contributed by atoms with Crippen LogP contribution in [0, 0.1) is 0 Å². The Morgan fingerprint density at radius 2 is 2.04 bits per heavy atom. The number of hydrogen-bond acceptors (Lipinski definition) is 3. The SMILES string of the molecule is CCC(C)NC(=O)Nc1ccc(C(=O)N2CCOC(C)C2)cc1. The van der Waals surface area contributed by atoms with E-state index in [-0.39, 0.29) is 24.1 Å². The number of benzene rings is 1. The van der Waals surface area contributed by atoms with E-state index in [1.165, 1.54) is 0 Å². The Morgan fingerprint density at radius 1 is 1.35 bits per heavy atom. The third kappa shape index (κ3) is 4.96. The molecule has 2 atom stereocenters. The first-order valence-electron chi connectivity index (χ1n) is 8.08. The highest BCUT2D eigenvalue weighted by Crippen LogP contribution is 2.14. The van der Waals surface area contributed by atoms with Gasteiger partial charge in [0.1, 0.15) is 0 Å². The van der Waals surface area contributed by atoms with Gasteiger partial charge in [-0.05, 0) is 44.5 Å². The van der Waals surface area contributed by atoms with E-state index < -0.39 is 0 Å². The van der Waals surface area contributed by atoms with Crippen LogP contribution in [0.2, 0.25) is 0 Å². The second kappa shape index (κ2) is 7.97. The first-order chi connectivity index (χ1) is 11.0. The summed E-state index contributed by atoms with van der Waals surface area (Å²) >= 11 is 0. The van der Waals surface area contributed by atoms with Crippen molar-refractivity contribution in [3.05, 3.63) is 29.8 Å². The number of carbonyl (C=O) groups is 2. The number of anilines is 1. The van der Waals surface area contributed by atoms with Gasteiger partial charge in [-0.15, -0.1) is 0 Å². The van der Waals surface area contributed by atoms with Crippen molar-refractivity contribution in [3.63, 3.8) is 0 Å². The van der Waals surface area contributed by atoms with Crippen LogP contribution in [0.5, 0.6) is 0 Å². The minimum Gasteiger partial charge on any atom is -0.375 e. The van der Waals surface area contributed by atoms with E-state index in [1.54, 1.807) is 29.2 Å². The van der Waals surface area contributed by atoms with Crippen molar-refractivity contribution in [2.45, 2.75) is 39.3 Å². The van der Waals surface area contributed by atoms with Gasteiger partial charge in [0.15, 0.2) is 0 Å². The number of hydrogen-bond donors (Lipinski definition) is 2. The summed E-state index contributed by atoms with van der Waals surface area (Å²) in [5, 5.41) is 5.60. The molecule has 2 unspecified atom stereocenters. The number of urea groups is 1. The molecule has 0 aromatic heterocycles. The number of nitrogens with one attached hydrogen (secondary N) is 2. The van der Waals surface area contributed by atoms with Crippen molar-refractivity contribution in [3.8, 4) is 0 Å². The van der Waals surface area contributed by atoms with E-state index in [0.29, 0.717) is 30.9 Å². The Labute approximate surface area is 137 Å². The molecule has 23 heavy (non-hydrogen) atoms. The van der Waals surface area contributed by atoms with Crippen LogP contribution in [0.3, 0.4) is 0 Å². The molecule has 0 bridgehead atoms. The van der Waals surface area contributed by atoms with Gasteiger partial charge >= 0.3 is 6.03 Å². The molecule has 2 rings (SSSR count). The molecule has 1 fully saturated rings. The summed E-state index contributed by atoms with van der Waals surface area (Å²) in [7, 11) is 0. The highest BCUT2D eigenvalue weighted by atomic mass is 16.5. The molecule has 0 saturated carbocycles. The number of morpholine rings is 1. The van der Waals surface area contributed by atoms with Gasteiger partial charge in [-0.2, -0.15) is 0 Å². The lowest BCUT2D eigenvalue weighted by Gasteiger charge is -2.31. The molecule has 126 valence electrons. The Bertz CT molecular complexity index is 545. The maximum Gasteiger partial charge on any atom is 0.319 e. The van der Waals surface area contributed by atoms with Crippen molar-refractivity contribution in [1.29, 1.82) is 0 Å². The molecule has 1 aliphatic heterocycles. The summed E-state index contributed by atoms with van der Waals surface area (Å²) in [4.78, 5) is 26.0. The maximum atomic E-state index is 12.4. The van der Waals surface area contributed by atoms with Crippen LogP contribution < -0.4 is 10.6 Å². The van der Waals surface area contributed by atoms with E-state index in [2.05, 4.69) is 10.6 Å². The lowest BCUT2D eigenvalue weighted by Crippen LogP contribution is -2.44. The molecular formula is C17H25N3O3. The summed E-state index contributed by atoms with van der Waals surface area (Å²) in [6.45, 7) is 7.71. The van der Waals surface area contributed by atoms with Gasteiger partial charge in [0.25, 0.3) is 5.91 Å². The first-order valence-corrected chi connectivity index (χ1v) is 8.08. The molecule has 1 aromatic carbocycles. The topological polar surface area (TPSA) is 70.7 Å². The van der Waals surface area contributed by atoms with Gasteiger partial charge in [-0.1, -0.05) is 6.92 Å². The molecule has 1 aromatic rings. The smallest absolute Gasteiger partial charge is 0.319 e. The summed E-state index contributed by atoms with van der Waals surface area (Å²) in [5.41, 5.74) is 1.28. The van der Waals surface area contributed by atoms with Crippen LogP contribution in [-0.4, -0.2) is 48.7 Å². The predicted octanol–water partition coefficient (Wildman–Crippen LogP) is 2.47. The Balaban J connectivity index is 1.93. The summed E-state index contributed by atoms with van der Waals surface area (Å²) in [6.07, 6.45) is 0.941. The van der Waals surface area contributed by atoms with E-state index in [0.717, 1.165) is 6.42 Å². The minimum atomic E-state index is -0.236. The quantitative estimate of drug-likeness (QED) is 0.895. The molecule has 2 N–H and O–H groups in total. The highest BCUT2D eigenvalue weighted by Gasteiger charge is 2.22. The minimum absolute atomic E-state index is 0.00393. The van der Waals surface area contributed by atoms with E-state index in [9.17, 15) is 9.59 Å². The normalized spacial score (nSPS) is 19.1. The third-order valence-corrected chi connectivity index (χ3v) is 3.91. The number of nitrogens with zero attached hydrogens (tertiary/aromatic N) is 1. The molecule has 6 nitrogen and oxygen atoms in total. The molecule has 1 heterocycles. The zero-order valence-electron chi connectivity index (χ0n) is 14.0. The average molecular weight is 319 g/mol. The molecule has 0 spiro atoms. The van der Waals surface area contributed by atoms with Crippen LogP contribution in [-0.2, 0) is 4.74 Å². The Kier molecular flexibility index (Phi) is 5.98. The molecule has 0 radical (unpaired) electrons. The summed E-state index contributed by atoms with van der Waals surface area (Å²) < 4.78 is 5.45. The van der Waals surface area contributed by atoms with Gasteiger partial charge in [-0.3, -0.25) is 4.79 Å². The standard InChI is InChI=1S/C17H25N3O3/c1-4-12(2)18-17(22)19-15-7-5-14(6-8-15)16(21)20-9-10-23-13(3)11-20/h5-8,12-13H,4,9-11H2,1-3H3,(H2,18,19,22). The van der Waals surface area contributed by atoms with Crippen molar-refractivity contribution in [2.75, 3.05) is 25.0 Å². The van der Waals surface area contributed by atoms with Gasteiger partial charge in [0.2, 0.25) is 0 Å². The largest absolute Gasteiger partial charge is 0.375 e. The Morgan fingerprint density at radius 3 is 2.65 bits per heavy atom. The fraction of sp³-hybridized carbons (Fsp3) is 0.529. The van der Waals surface area contributed by atoms with E-state index in [4.69, 9.17) is 4.74 Å². The second-order valence-corrected chi connectivity index (χ2v) is 5.92. The molecule has 1 aliphatic rings. The first kappa shape index (κ1) is 17.3. The average Bonchev–Trinajstić information content (AvgIpc) is 2.54. The fourth-order valence-electron chi connectivity index (χ4n) is 2.37. The molecule has 3 amide bonds. The molecule has 6 heteroatoms. The number of amides is 3. The van der Waals surface area contributed by atoms with Crippen LogP contribution in [0.25, 0.3) is 0 Å². The molecule has 1 saturated heterocycles. The zero-order chi connectivity index (χ0) is 16.8. The lowest BCUT2D eigenvalue weighted by atomic mass is 10.1. The van der Waals surface area contributed by atoms with Crippen molar-refractivity contribution in [2.24, 2.45) is 0 Å². The molecular weight excluding hydrogens is 294 g/mol. The molecule has 0 aliphatic carbocycles. The highest BCUT2D eigenvalue weighted by molar-refractivity contribution is 5.95. The fourth-order valence-corrected chi connectivity index (χ4v) is 2.37. The van der Waals surface area contributed by atoms with Gasteiger partial charge in [-0.25, -0.2) is 4.79 Å². The third-order valence-electron chi connectivity index (χ3n) is 3.91. The Hall–Kier alpha value is -2.08. The lowest BCUT2D eigenvalue weighted by molar-refractivity contribution is -0.0124. The zero-order valence-corrected chi connectivity index (χ0v) is 14.0. The van der Waals surface area contributed by atoms with Crippen molar-refractivity contribution >= 4 is 17.6 Å². The van der Waals surface area contributed by atoms with E-state index in [1.807, 2.05) is 20.8 Å². The van der Waals surface area contributed by atoms with Crippen molar-refractivity contribution < 1.29 is 14.3 Å². The van der Waals surface area contributed by atoms with Gasteiger partial charge in [0.05, 0.1) is 12.7 Å². The number of carbonyl (C=O) groups excluding carboxylic acids is 2. The van der Waals surface area contributed by atoms with Crippen LogP contribution in [0.15, 0.2) is 24.3 Å². The van der Waals surface area contributed by atoms with Crippen LogP contribution in [0.1, 0.15) is 37.6 Å². The van der Waals surface area contributed by atoms with Crippen LogP contribution >= 0.6 is 0 Å².